The quantitative estimate of drug-likeness (QED) is 0.747. The number of carbonyl (C=O) groups is 1. The number of carboxylic acids is 1. The van der Waals surface area contributed by atoms with Crippen molar-refractivity contribution in [1.82, 2.24) is 14.4 Å². The molecule has 3 aromatic rings. The predicted octanol–water partition coefficient (Wildman–Crippen LogP) is 3.37. The van der Waals surface area contributed by atoms with Crippen molar-refractivity contribution in [2.75, 3.05) is 0 Å². The standard InChI is InChI=1S/C14H10ClN3O2S/c15-10-1-2-12-17-11(7-18(12)6-10)8-21-13-5-9(14(19)20)3-4-16-13/h1-7H,8H2,(H,19,20). The third-order valence-electron chi connectivity index (χ3n) is 2.81. The van der Waals surface area contributed by atoms with E-state index in [-0.39, 0.29) is 5.56 Å². The normalized spacial score (nSPS) is 10.9. The molecule has 0 fully saturated rings. The summed E-state index contributed by atoms with van der Waals surface area (Å²) in [7, 11) is 0. The molecule has 0 aliphatic heterocycles. The SMILES string of the molecule is O=C(O)c1ccnc(SCc2cn3cc(Cl)ccc3n2)c1. The fourth-order valence-corrected chi connectivity index (χ4v) is 2.80. The largest absolute Gasteiger partial charge is 0.478 e. The van der Waals surface area contributed by atoms with Gasteiger partial charge in [-0.2, -0.15) is 0 Å². The van der Waals surface area contributed by atoms with Crippen molar-refractivity contribution in [3.05, 3.63) is 59.1 Å². The van der Waals surface area contributed by atoms with Crippen molar-refractivity contribution >= 4 is 35.0 Å². The first kappa shape index (κ1) is 13.9. The van der Waals surface area contributed by atoms with E-state index in [1.165, 1.54) is 24.0 Å². The minimum Gasteiger partial charge on any atom is -0.478 e. The van der Waals surface area contributed by atoms with Gasteiger partial charge in [-0.1, -0.05) is 23.4 Å². The third kappa shape index (κ3) is 3.17. The number of fused-ring (bicyclic) bond motifs is 1. The fourth-order valence-electron chi connectivity index (χ4n) is 1.86. The van der Waals surface area contributed by atoms with Crippen LogP contribution >= 0.6 is 23.4 Å². The number of hydrogen-bond acceptors (Lipinski definition) is 4. The van der Waals surface area contributed by atoms with Gasteiger partial charge in [-0.3, -0.25) is 0 Å². The molecule has 1 N–H and O–H groups in total. The van der Waals surface area contributed by atoms with E-state index >= 15 is 0 Å². The zero-order chi connectivity index (χ0) is 14.8. The van der Waals surface area contributed by atoms with E-state index in [4.69, 9.17) is 16.7 Å². The second-order valence-electron chi connectivity index (χ2n) is 4.32. The van der Waals surface area contributed by atoms with Gasteiger partial charge in [0.2, 0.25) is 0 Å². The zero-order valence-corrected chi connectivity index (χ0v) is 12.3. The molecule has 0 saturated carbocycles. The summed E-state index contributed by atoms with van der Waals surface area (Å²) < 4.78 is 1.86. The van der Waals surface area contributed by atoms with Gasteiger partial charge in [0.25, 0.3) is 0 Å². The molecule has 0 aliphatic carbocycles. The van der Waals surface area contributed by atoms with Crippen LogP contribution in [-0.4, -0.2) is 25.4 Å². The number of carboxylic acid groups (broad SMARTS) is 1. The topological polar surface area (TPSA) is 67.5 Å². The number of aromatic carboxylic acids is 1. The molecule has 0 spiro atoms. The maximum Gasteiger partial charge on any atom is 0.335 e. The number of thioether (sulfide) groups is 1. The average Bonchev–Trinajstić information content (AvgIpc) is 2.87. The van der Waals surface area contributed by atoms with Gasteiger partial charge in [0.05, 0.1) is 21.3 Å². The van der Waals surface area contributed by atoms with E-state index in [0.717, 1.165) is 11.3 Å². The van der Waals surface area contributed by atoms with Gasteiger partial charge in [-0.05, 0) is 24.3 Å². The zero-order valence-electron chi connectivity index (χ0n) is 10.7. The van der Waals surface area contributed by atoms with Crippen LogP contribution in [0.15, 0.2) is 47.9 Å². The molecule has 0 amide bonds. The summed E-state index contributed by atoms with van der Waals surface area (Å²) in [4.78, 5) is 19.5. The van der Waals surface area contributed by atoms with Gasteiger partial charge in [0, 0.05) is 24.3 Å². The van der Waals surface area contributed by atoms with Crippen LogP contribution in [0.2, 0.25) is 5.02 Å². The number of halogens is 1. The fraction of sp³-hybridized carbons (Fsp3) is 0.0714. The van der Waals surface area contributed by atoms with E-state index < -0.39 is 5.97 Å². The highest BCUT2D eigenvalue weighted by Crippen LogP contribution is 2.22. The van der Waals surface area contributed by atoms with Crippen LogP contribution in [0.25, 0.3) is 5.65 Å². The van der Waals surface area contributed by atoms with Crippen LogP contribution in [-0.2, 0) is 5.75 Å². The molecule has 0 bridgehead atoms. The van der Waals surface area contributed by atoms with Crippen molar-refractivity contribution in [1.29, 1.82) is 0 Å². The van der Waals surface area contributed by atoms with Gasteiger partial charge in [-0.25, -0.2) is 14.8 Å². The summed E-state index contributed by atoms with van der Waals surface area (Å²) >= 11 is 7.37. The van der Waals surface area contributed by atoms with Crippen molar-refractivity contribution in [3.63, 3.8) is 0 Å². The first-order chi connectivity index (χ1) is 10.1. The Morgan fingerprint density at radius 1 is 1.33 bits per heavy atom. The minimum absolute atomic E-state index is 0.231. The van der Waals surface area contributed by atoms with Crippen molar-refractivity contribution in [2.45, 2.75) is 10.8 Å². The number of rotatable bonds is 4. The molecular formula is C14H10ClN3O2S. The van der Waals surface area contributed by atoms with Crippen LogP contribution in [0.1, 0.15) is 16.1 Å². The molecule has 3 heterocycles. The van der Waals surface area contributed by atoms with E-state index in [2.05, 4.69) is 9.97 Å². The molecule has 0 radical (unpaired) electrons. The summed E-state index contributed by atoms with van der Waals surface area (Å²) in [6.45, 7) is 0. The molecule has 0 aromatic carbocycles. The van der Waals surface area contributed by atoms with Crippen LogP contribution in [0.4, 0.5) is 0 Å². The molecule has 21 heavy (non-hydrogen) atoms. The summed E-state index contributed by atoms with van der Waals surface area (Å²) in [5.41, 5.74) is 1.93. The Hall–Kier alpha value is -2.05. The number of pyridine rings is 2. The van der Waals surface area contributed by atoms with Gasteiger partial charge < -0.3 is 9.51 Å². The highest BCUT2D eigenvalue weighted by Gasteiger charge is 2.07. The lowest BCUT2D eigenvalue weighted by atomic mass is 10.3. The van der Waals surface area contributed by atoms with Crippen molar-refractivity contribution in [2.24, 2.45) is 0 Å². The Bertz CT molecular complexity index is 819. The lowest BCUT2D eigenvalue weighted by Gasteiger charge is -1.99. The van der Waals surface area contributed by atoms with Gasteiger partial charge in [0.15, 0.2) is 0 Å². The van der Waals surface area contributed by atoms with Crippen molar-refractivity contribution < 1.29 is 9.90 Å². The lowest BCUT2D eigenvalue weighted by Crippen LogP contribution is -1.96. The van der Waals surface area contributed by atoms with Crippen molar-refractivity contribution in [3.8, 4) is 0 Å². The average molecular weight is 320 g/mol. The van der Waals surface area contributed by atoms with Crippen LogP contribution < -0.4 is 0 Å². The van der Waals surface area contributed by atoms with Gasteiger partial charge >= 0.3 is 5.97 Å². The Morgan fingerprint density at radius 2 is 2.19 bits per heavy atom. The molecule has 3 aromatic heterocycles. The second kappa shape index (κ2) is 5.75. The molecule has 0 saturated heterocycles. The predicted molar refractivity (Wildman–Crippen MR) is 81.0 cm³/mol. The van der Waals surface area contributed by atoms with Gasteiger partial charge in [0.1, 0.15) is 5.65 Å². The highest BCUT2D eigenvalue weighted by atomic mass is 35.5. The number of hydrogen-bond donors (Lipinski definition) is 1. The monoisotopic (exact) mass is 319 g/mol. The van der Waals surface area contributed by atoms with E-state index in [1.807, 2.05) is 16.7 Å². The van der Waals surface area contributed by atoms with Gasteiger partial charge in [-0.15, -0.1) is 0 Å². The first-order valence-corrected chi connectivity index (χ1v) is 7.43. The molecule has 106 valence electrons. The molecular weight excluding hydrogens is 310 g/mol. The summed E-state index contributed by atoms with van der Waals surface area (Å²) in [6, 6.07) is 6.66. The van der Waals surface area contributed by atoms with Crippen LogP contribution in [0.5, 0.6) is 0 Å². The smallest absolute Gasteiger partial charge is 0.335 e. The van der Waals surface area contributed by atoms with Crippen LogP contribution in [0, 0.1) is 0 Å². The number of nitrogens with zero attached hydrogens (tertiary/aromatic N) is 3. The van der Waals surface area contributed by atoms with E-state index in [1.54, 1.807) is 18.3 Å². The molecule has 0 aliphatic rings. The maximum atomic E-state index is 10.9. The number of aromatic nitrogens is 3. The first-order valence-electron chi connectivity index (χ1n) is 6.07. The second-order valence-corrected chi connectivity index (χ2v) is 5.75. The Morgan fingerprint density at radius 3 is 3.00 bits per heavy atom. The Labute approximate surface area is 129 Å². The molecule has 0 atom stereocenters. The summed E-state index contributed by atoms with van der Waals surface area (Å²) in [5.74, 6) is -0.350. The van der Waals surface area contributed by atoms with E-state index in [9.17, 15) is 4.79 Å². The Balaban J connectivity index is 1.77. The summed E-state index contributed by atoms with van der Waals surface area (Å²) in [5, 5.41) is 10.3. The number of imidazole rings is 1. The molecule has 5 nitrogen and oxygen atoms in total. The lowest BCUT2D eigenvalue weighted by molar-refractivity contribution is 0.0696. The molecule has 7 heteroatoms. The summed E-state index contributed by atoms with van der Waals surface area (Å²) in [6.07, 6.45) is 5.19. The minimum atomic E-state index is -0.957. The molecule has 0 unspecified atom stereocenters. The third-order valence-corrected chi connectivity index (χ3v) is 4.00. The van der Waals surface area contributed by atoms with Crippen LogP contribution in [0.3, 0.4) is 0 Å². The molecule has 3 rings (SSSR count). The highest BCUT2D eigenvalue weighted by molar-refractivity contribution is 7.98. The maximum absolute atomic E-state index is 10.9. The van der Waals surface area contributed by atoms with E-state index in [0.29, 0.717) is 15.8 Å². The Kier molecular flexibility index (Phi) is 3.81.